The van der Waals surface area contributed by atoms with Gasteiger partial charge in [0.15, 0.2) is 6.04 Å². The van der Waals surface area contributed by atoms with Crippen molar-refractivity contribution in [1.82, 2.24) is 4.90 Å². The monoisotopic (exact) mass is 199 g/mol. The van der Waals surface area contributed by atoms with E-state index >= 15 is 0 Å². The summed E-state index contributed by atoms with van der Waals surface area (Å²) in [7, 11) is 3.98. The molecule has 0 fully saturated rings. The average Bonchev–Trinajstić information content (AvgIpc) is 2.09. The first-order valence-corrected chi connectivity index (χ1v) is 4.53. The van der Waals surface area contributed by atoms with Crippen molar-refractivity contribution in [3.05, 3.63) is 0 Å². The molecule has 0 aromatic heterocycles. The molecule has 0 radical (unpaired) electrons. The summed E-state index contributed by atoms with van der Waals surface area (Å²) in [5.41, 5.74) is 0. The number of aliphatic imine (C=N–C) groups is 2. The molecule has 0 heterocycles. The third-order valence-corrected chi connectivity index (χ3v) is 1.55. The van der Waals surface area contributed by atoms with E-state index in [1.165, 1.54) is 6.92 Å². The lowest BCUT2D eigenvalue weighted by Gasteiger charge is -2.05. The quantitative estimate of drug-likeness (QED) is 0.503. The van der Waals surface area contributed by atoms with Gasteiger partial charge in [-0.05, 0) is 34.0 Å². The van der Waals surface area contributed by atoms with Crippen molar-refractivity contribution in [3.8, 4) is 0 Å². The summed E-state index contributed by atoms with van der Waals surface area (Å²) < 4.78 is 0. The fourth-order valence-electron chi connectivity index (χ4n) is 0.699. The van der Waals surface area contributed by atoms with Gasteiger partial charge in [-0.1, -0.05) is 0 Å². The van der Waals surface area contributed by atoms with Crippen LogP contribution in [0.4, 0.5) is 0 Å². The maximum atomic E-state index is 10.3. The van der Waals surface area contributed by atoms with Gasteiger partial charge >= 0.3 is 5.97 Å². The molecule has 0 aliphatic rings. The third-order valence-electron chi connectivity index (χ3n) is 1.55. The van der Waals surface area contributed by atoms with Gasteiger partial charge in [0.25, 0.3) is 0 Å². The molecule has 1 N–H and O–H groups in total. The molecule has 0 aliphatic carbocycles. The summed E-state index contributed by atoms with van der Waals surface area (Å²) in [6, 6.07) is 1.63. The largest absolute Gasteiger partial charge is 0.480 e. The lowest BCUT2D eigenvalue weighted by Crippen LogP contribution is -2.13. The molecule has 0 saturated carbocycles. The minimum absolute atomic E-state index is 0.633. The van der Waals surface area contributed by atoms with Gasteiger partial charge in [-0.2, -0.15) is 0 Å². The van der Waals surface area contributed by atoms with E-state index in [9.17, 15) is 4.79 Å². The van der Waals surface area contributed by atoms with Crippen LogP contribution in [0.1, 0.15) is 13.3 Å². The number of carbonyl (C=O) groups is 1. The van der Waals surface area contributed by atoms with E-state index in [1.807, 2.05) is 14.1 Å². The maximum absolute atomic E-state index is 10.3. The zero-order chi connectivity index (χ0) is 11.0. The molecule has 0 aliphatic heterocycles. The van der Waals surface area contributed by atoms with Gasteiger partial charge in [0.2, 0.25) is 0 Å². The van der Waals surface area contributed by atoms with Crippen LogP contribution in [0, 0.1) is 0 Å². The van der Waals surface area contributed by atoms with Gasteiger partial charge in [-0.15, -0.1) is 0 Å². The maximum Gasteiger partial charge on any atom is 0.329 e. The molecule has 80 valence electrons. The van der Waals surface area contributed by atoms with Gasteiger partial charge in [0.05, 0.1) is 12.6 Å². The minimum atomic E-state index is -0.957. The molecule has 1 unspecified atom stereocenters. The molecule has 0 amide bonds. The van der Waals surface area contributed by atoms with Crippen LogP contribution in [0.5, 0.6) is 0 Å². The average molecular weight is 199 g/mol. The summed E-state index contributed by atoms with van der Waals surface area (Å²) >= 11 is 0. The summed E-state index contributed by atoms with van der Waals surface area (Å²) in [6.07, 6.45) is 0.928. The molecule has 0 saturated heterocycles. The third kappa shape index (κ3) is 7.46. The lowest BCUT2D eigenvalue weighted by molar-refractivity contribution is -0.137. The van der Waals surface area contributed by atoms with E-state index in [-0.39, 0.29) is 0 Å². The number of carboxylic acid groups (broad SMARTS) is 1. The molecule has 5 heteroatoms. The molecular weight excluding hydrogens is 182 g/mol. The number of rotatable bonds is 6. The fraction of sp³-hybridized carbons (Fsp3) is 0.778. The zero-order valence-electron chi connectivity index (χ0n) is 8.90. The van der Waals surface area contributed by atoms with Crippen LogP contribution in [0.3, 0.4) is 0 Å². The second-order valence-corrected chi connectivity index (χ2v) is 3.28. The standard InChI is InChI=1S/C9H17N3O2/c1-8(9(13)14)11-7-10-5-4-6-12(2)3/h8H,4-6H2,1-3H3,(H,13,14). The van der Waals surface area contributed by atoms with Crippen LogP contribution in [0.15, 0.2) is 9.98 Å². The number of hydrogen-bond donors (Lipinski definition) is 1. The van der Waals surface area contributed by atoms with Crippen LogP contribution in [0.25, 0.3) is 0 Å². The van der Waals surface area contributed by atoms with Crippen LogP contribution in [0.2, 0.25) is 0 Å². The molecule has 5 nitrogen and oxygen atoms in total. The van der Waals surface area contributed by atoms with Crippen molar-refractivity contribution >= 4 is 12.0 Å². The SMILES string of the molecule is CC(N=C=NCCCN(C)C)C(=O)O. The second-order valence-electron chi connectivity index (χ2n) is 3.28. The predicted octanol–water partition coefficient (Wildman–Crippen LogP) is 0.585. The van der Waals surface area contributed by atoms with Gasteiger partial charge in [0, 0.05) is 0 Å². The van der Waals surface area contributed by atoms with E-state index in [0.717, 1.165) is 13.0 Å². The zero-order valence-corrected chi connectivity index (χ0v) is 8.90. The Balaban J connectivity index is 3.66. The normalized spacial score (nSPS) is 12.0. The van der Waals surface area contributed by atoms with Gasteiger partial charge in [-0.3, -0.25) is 0 Å². The predicted molar refractivity (Wildman–Crippen MR) is 55.0 cm³/mol. The molecule has 14 heavy (non-hydrogen) atoms. The Hall–Kier alpha value is -1.19. The Kier molecular flexibility index (Phi) is 6.62. The van der Waals surface area contributed by atoms with Crippen LogP contribution >= 0.6 is 0 Å². The molecule has 1 atom stereocenters. The Morgan fingerprint density at radius 3 is 2.71 bits per heavy atom. The Morgan fingerprint density at radius 2 is 2.21 bits per heavy atom. The number of nitrogens with zero attached hydrogens (tertiary/aromatic N) is 3. The first-order chi connectivity index (χ1) is 6.54. The first-order valence-electron chi connectivity index (χ1n) is 4.53. The highest BCUT2D eigenvalue weighted by Gasteiger charge is 2.05. The van der Waals surface area contributed by atoms with E-state index < -0.39 is 12.0 Å². The van der Waals surface area contributed by atoms with E-state index in [0.29, 0.717) is 6.54 Å². The molecule has 0 bridgehead atoms. The highest BCUT2D eigenvalue weighted by Crippen LogP contribution is 1.86. The number of aliphatic carboxylic acids is 1. The van der Waals surface area contributed by atoms with Crippen molar-refractivity contribution in [1.29, 1.82) is 0 Å². The van der Waals surface area contributed by atoms with E-state index in [1.54, 1.807) is 0 Å². The van der Waals surface area contributed by atoms with Crippen LogP contribution in [-0.4, -0.2) is 55.2 Å². The molecule has 0 rings (SSSR count). The molecule has 0 spiro atoms. The fourth-order valence-corrected chi connectivity index (χ4v) is 0.699. The van der Waals surface area contributed by atoms with Gasteiger partial charge < -0.3 is 10.0 Å². The first kappa shape index (κ1) is 12.8. The van der Waals surface area contributed by atoms with Crippen LogP contribution < -0.4 is 0 Å². The van der Waals surface area contributed by atoms with Gasteiger partial charge in [-0.25, -0.2) is 14.8 Å². The topological polar surface area (TPSA) is 65.3 Å². The highest BCUT2D eigenvalue weighted by molar-refractivity contribution is 5.74. The second kappa shape index (κ2) is 7.24. The van der Waals surface area contributed by atoms with Gasteiger partial charge in [0.1, 0.15) is 0 Å². The van der Waals surface area contributed by atoms with Crippen molar-refractivity contribution in [3.63, 3.8) is 0 Å². The summed E-state index contributed by atoms with van der Waals surface area (Å²) in [4.78, 5) is 19.9. The number of carboxylic acids is 1. The summed E-state index contributed by atoms with van der Waals surface area (Å²) in [5.74, 6) is -0.957. The minimum Gasteiger partial charge on any atom is -0.480 e. The Labute approximate surface area is 84.2 Å². The highest BCUT2D eigenvalue weighted by atomic mass is 16.4. The van der Waals surface area contributed by atoms with Crippen molar-refractivity contribution in [2.75, 3.05) is 27.2 Å². The summed E-state index contributed by atoms with van der Waals surface area (Å²) in [5, 5.41) is 8.48. The van der Waals surface area contributed by atoms with Crippen molar-refractivity contribution in [2.24, 2.45) is 9.98 Å². The van der Waals surface area contributed by atoms with E-state index in [4.69, 9.17) is 5.11 Å². The van der Waals surface area contributed by atoms with Crippen LogP contribution in [-0.2, 0) is 4.79 Å². The molecule has 0 aromatic carbocycles. The number of hydrogen-bond acceptors (Lipinski definition) is 4. The lowest BCUT2D eigenvalue weighted by atomic mass is 10.4. The molecular formula is C9H17N3O2. The Morgan fingerprint density at radius 1 is 1.57 bits per heavy atom. The molecule has 0 aromatic rings. The smallest absolute Gasteiger partial charge is 0.329 e. The summed E-state index contributed by atoms with van der Waals surface area (Å²) in [6.45, 7) is 3.08. The van der Waals surface area contributed by atoms with Crippen molar-refractivity contribution < 1.29 is 9.90 Å². The van der Waals surface area contributed by atoms with Crippen molar-refractivity contribution in [2.45, 2.75) is 19.4 Å². The van der Waals surface area contributed by atoms with E-state index in [2.05, 4.69) is 20.9 Å². The Bertz CT molecular complexity index is 232.